The highest BCUT2D eigenvalue weighted by molar-refractivity contribution is 6.00. The van der Waals surface area contributed by atoms with Crippen LogP contribution in [0.25, 0.3) is 0 Å². The number of nitrogens with one attached hydrogen (secondary N) is 1. The molecule has 4 rings (SSSR count). The maximum atomic E-state index is 12.0. The molecule has 0 aromatic carbocycles. The van der Waals surface area contributed by atoms with Crippen molar-refractivity contribution in [3.63, 3.8) is 0 Å². The van der Waals surface area contributed by atoms with Crippen LogP contribution in [0.5, 0.6) is 0 Å². The van der Waals surface area contributed by atoms with Crippen LogP contribution in [0.1, 0.15) is 44.9 Å². The Morgan fingerprint density at radius 1 is 1.13 bits per heavy atom. The first-order chi connectivity index (χ1) is 7.21. The predicted octanol–water partition coefficient (Wildman–Crippen LogP) is 1.62. The Kier molecular flexibility index (Phi) is 1.91. The lowest BCUT2D eigenvalue weighted by Crippen LogP contribution is -2.56. The summed E-state index contributed by atoms with van der Waals surface area (Å²) in [6.07, 6.45) is 7.39. The van der Waals surface area contributed by atoms with E-state index in [9.17, 15) is 9.59 Å². The van der Waals surface area contributed by atoms with Gasteiger partial charge in [0.15, 0.2) is 0 Å². The van der Waals surface area contributed by atoms with Crippen molar-refractivity contribution in [3.05, 3.63) is 0 Å². The van der Waals surface area contributed by atoms with Gasteiger partial charge in [-0.05, 0) is 37.5 Å². The first kappa shape index (κ1) is 9.37. The van der Waals surface area contributed by atoms with Crippen LogP contribution in [0.3, 0.4) is 0 Å². The number of imide groups is 1. The quantitative estimate of drug-likeness (QED) is 0.613. The number of amides is 2. The van der Waals surface area contributed by atoms with E-state index in [-0.39, 0.29) is 17.2 Å². The third-order valence-electron chi connectivity index (χ3n) is 4.78. The summed E-state index contributed by atoms with van der Waals surface area (Å²) in [6.45, 7) is 0. The van der Waals surface area contributed by atoms with Crippen molar-refractivity contribution in [2.45, 2.75) is 44.9 Å². The fraction of sp³-hybridized carbons (Fsp3) is 0.833. The van der Waals surface area contributed by atoms with Gasteiger partial charge in [0.1, 0.15) is 0 Å². The summed E-state index contributed by atoms with van der Waals surface area (Å²) in [4.78, 5) is 23.2. The Morgan fingerprint density at radius 3 is 2.40 bits per heavy atom. The third kappa shape index (κ3) is 1.25. The van der Waals surface area contributed by atoms with Crippen LogP contribution in [-0.2, 0) is 9.59 Å². The van der Waals surface area contributed by atoms with E-state index in [0.29, 0.717) is 12.3 Å². The van der Waals surface area contributed by atoms with E-state index in [1.165, 1.54) is 25.7 Å². The Balaban J connectivity index is 1.90. The number of hydrogen-bond donors (Lipinski definition) is 1. The average molecular weight is 207 g/mol. The van der Waals surface area contributed by atoms with Crippen molar-refractivity contribution in [1.82, 2.24) is 5.32 Å². The normalized spacial score (nSPS) is 44.5. The van der Waals surface area contributed by atoms with E-state index in [1.54, 1.807) is 0 Å². The van der Waals surface area contributed by atoms with Gasteiger partial charge >= 0.3 is 0 Å². The number of rotatable bonds is 0. The second-order valence-corrected chi connectivity index (χ2v) is 5.46. The molecule has 82 valence electrons. The number of piperidine rings is 1. The van der Waals surface area contributed by atoms with Crippen molar-refractivity contribution < 1.29 is 9.59 Å². The van der Waals surface area contributed by atoms with Gasteiger partial charge in [-0.2, -0.15) is 0 Å². The maximum absolute atomic E-state index is 12.0. The molecule has 4 fully saturated rings. The molecule has 2 amide bonds. The van der Waals surface area contributed by atoms with E-state index < -0.39 is 0 Å². The Labute approximate surface area is 89.6 Å². The van der Waals surface area contributed by atoms with Crippen LogP contribution in [0.15, 0.2) is 0 Å². The lowest BCUT2D eigenvalue weighted by Gasteiger charge is -2.51. The van der Waals surface area contributed by atoms with E-state index >= 15 is 0 Å². The molecule has 1 heterocycles. The molecule has 1 unspecified atom stereocenters. The molecule has 1 aliphatic heterocycles. The topological polar surface area (TPSA) is 46.2 Å². The lowest BCUT2D eigenvalue weighted by molar-refractivity contribution is -0.152. The summed E-state index contributed by atoms with van der Waals surface area (Å²) in [5.74, 6) is 1.25. The van der Waals surface area contributed by atoms with Gasteiger partial charge in [-0.15, -0.1) is 0 Å². The first-order valence-corrected chi connectivity index (χ1v) is 6.05. The molecular weight excluding hydrogens is 190 g/mol. The smallest absolute Gasteiger partial charge is 0.233 e. The Bertz CT molecular complexity index is 318. The highest BCUT2D eigenvalue weighted by atomic mass is 16.2. The van der Waals surface area contributed by atoms with Crippen molar-refractivity contribution in [3.8, 4) is 0 Å². The number of carbonyl (C=O) groups excluding carboxylic acids is 2. The van der Waals surface area contributed by atoms with E-state index in [0.717, 1.165) is 18.8 Å². The van der Waals surface area contributed by atoms with Crippen LogP contribution in [0.2, 0.25) is 0 Å². The predicted molar refractivity (Wildman–Crippen MR) is 54.9 cm³/mol. The van der Waals surface area contributed by atoms with Crippen molar-refractivity contribution in [2.75, 3.05) is 0 Å². The fourth-order valence-electron chi connectivity index (χ4n) is 3.95. The molecule has 0 radical (unpaired) electrons. The molecule has 0 aromatic rings. The van der Waals surface area contributed by atoms with Crippen LogP contribution in [-0.4, -0.2) is 11.8 Å². The van der Waals surface area contributed by atoms with Crippen molar-refractivity contribution in [2.24, 2.45) is 17.3 Å². The molecule has 15 heavy (non-hydrogen) atoms. The molecule has 1 spiro atoms. The monoisotopic (exact) mass is 207 g/mol. The molecule has 1 N–H and O–H groups in total. The van der Waals surface area contributed by atoms with E-state index in [4.69, 9.17) is 0 Å². The lowest BCUT2D eigenvalue weighted by atomic mass is 9.53. The first-order valence-electron chi connectivity index (χ1n) is 6.05. The standard InChI is InChI=1S/C12H17NO2/c14-10-5-6-12(11(15)13-10)7-8-1-3-9(12)4-2-8/h8-9H,1-7H2,(H,13,14,15). The molecule has 1 atom stereocenters. The van der Waals surface area contributed by atoms with Gasteiger partial charge < -0.3 is 0 Å². The minimum absolute atomic E-state index is 0.0353. The highest BCUT2D eigenvalue weighted by Crippen LogP contribution is 2.55. The number of hydrogen-bond acceptors (Lipinski definition) is 2. The van der Waals surface area contributed by atoms with E-state index in [1.807, 2.05) is 0 Å². The Morgan fingerprint density at radius 2 is 1.87 bits per heavy atom. The van der Waals surface area contributed by atoms with Gasteiger partial charge in [0.2, 0.25) is 11.8 Å². The molecular formula is C12H17NO2. The molecule has 3 nitrogen and oxygen atoms in total. The van der Waals surface area contributed by atoms with Gasteiger partial charge in [0.25, 0.3) is 0 Å². The van der Waals surface area contributed by atoms with Crippen LogP contribution >= 0.6 is 0 Å². The third-order valence-corrected chi connectivity index (χ3v) is 4.78. The maximum Gasteiger partial charge on any atom is 0.233 e. The molecule has 3 heteroatoms. The molecule has 2 bridgehead atoms. The molecule has 3 aliphatic carbocycles. The summed E-state index contributed by atoms with van der Waals surface area (Å²) in [7, 11) is 0. The molecule has 4 aliphatic rings. The summed E-state index contributed by atoms with van der Waals surface area (Å²) in [6, 6.07) is 0. The van der Waals surface area contributed by atoms with Crippen LogP contribution < -0.4 is 5.32 Å². The van der Waals surface area contributed by atoms with Gasteiger partial charge in [0, 0.05) is 6.42 Å². The van der Waals surface area contributed by atoms with Crippen molar-refractivity contribution >= 4 is 11.8 Å². The summed E-state index contributed by atoms with van der Waals surface area (Å²) >= 11 is 0. The van der Waals surface area contributed by atoms with E-state index in [2.05, 4.69) is 5.32 Å². The fourth-order valence-corrected chi connectivity index (χ4v) is 3.95. The number of carbonyl (C=O) groups is 2. The largest absolute Gasteiger partial charge is 0.296 e. The zero-order chi connectivity index (χ0) is 10.5. The molecule has 1 saturated heterocycles. The zero-order valence-electron chi connectivity index (χ0n) is 8.92. The summed E-state index contributed by atoms with van der Waals surface area (Å²) < 4.78 is 0. The van der Waals surface area contributed by atoms with Gasteiger partial charge in [-0.1, -0.05) is 12.8 Å². The van der Waals surface area contributed by atoms with Crippen molar-refractivity contribution in [1.29, 1.82) is 0 Å². The minimum atomic E-state index is -0.158. The highest BCUT2D eigenvalue weighted by Gasteiger charge is 2.53. The average Bonchev–Trinajstić information content (AvgIpc) is 2.26. The second kappa shape index (κ2) is 3.06. The van der Waals surface area contributed by atoms with Crippen LogP contribution in [0, 0.1) is 17.3 Å². The van der Waals surface area contributed by atoms with Gasteiger partial charge in [0.05, 0.1) is 5.41 Å². The molecule has 3 saturated carbocycles. The SMILES string of the molecule is O=C1CCC2(CC3CCC2CC3)C(=O)N1. The minimum Gasteiger partial charge on any atom is -0.296 e. The molecule has 0 aromatic heterocycles. The Hall–Kier alpha value is -0.860. The van der Waals surface area contributed by atoms with Gasteiger partial charge in [-0.25, -0.2) is 0 Å². The zero-order valence-corrected chi connectivity index (χ0v) is 8.92. The summed E-state index contributed by atoms with van der Waals surface area (Å²) in [5, 5.41) is 2.55. The van der Waals surface area contributed by atoms with Gasteiger partial charge in [-0.3, -0.25) is 14.9 Å². The van der Waals surface area contributed by atoms with Crippen LogP contribution in [0.4, 0.5) is 0 Å². The summed E-state index contributed by atoms with van der Waals surface area (Å²) in [5.41, 5.74) is -0.158. The number of fused-ring (bicyclic) bond motifs is 2. The second-order valence-electron chi connectivity index (χ2n) is 5.46.